The molecule has 0 saturated carbocycles. The predicted octanol–water partition coefficient (Wildman–Crippen LogP) is 2.60. The Hall–Kier alpha value is -3.22. The molecule has 2 N–H and O–H groups in total. The molecule has 0 atom stereocenters. The SMILES string of the molecule is Cc1ccc(NC(=O)NCc2cn(-c3cccnc3)nn2)cc1C. The van der Waals surface area contributed by atoms with Crippen LogP contribution in [0.15, 0.2) is 48.9 Å². The van der Waals surface area contributed by atoms with Crippen LogP contribution < -0.4 is 10.6 Å². The van der Waals surface area contributed by atoms with E-state index in [2.05, 4.69) is 25.9 Å². The first-order valence-corrected chi connectivity index (χ1v) is 7.55. The molecule has 2 aromatic heterocycles. The number of aromatic nitrogens is 4. The molecule has 2 heterocycles. The summed E-state index contributed by atoms with van der Waals surface area (Å²) in [5.41, 5.74) is 4.56. The minimum atomic E-state index is -0.283. The minimum Gasteiger partial charge on any atom is -0.332 e. The Bertz CT molecular complexity index is 843. The lowest BCUT2D eigenvalue weighted by molar-refractivity contribution is 0.251. The molecule has 0 unspecified atom stereocenters. The molecule has 7 nitrogen and oxygen atoms in total. The van der Waals surface area contributed by atoms with E-state index >= 15 is 0 Å². The number of anilines is 1. The van der Waals surface area contributed by atoms with E-state index in [-0.39, 0.29) is 12.6 Å². The second-order valence-corrected chi connectivity index (χ2v) is 5.47. The van der Waals surface area contributed by atoms with Crippen molar-refractivity contribution < 1.29 is 4.79 Å². The molecule has 0 aliphatic heterocycles. The zero-order chi connectivity index (χ0) is 16.9. The van der Waals surface area contributed by atoms with Gasteiger partial charge in [0.05, 0.1) is 24.6 Å². The Morgan fingerprint density at radius 1 is 1.21 bits per heavy atom. The summed E-state index contributed by atoms with van der Waals surface area (Å²) in [5, 5.41) is 13.6. The molecule has 3 aromatic rings. The van der Waals surface area contributed by atoms with E-state index in [1.807, 2.05) is 44.2 Å². The zero-order valence-corrected chi connectivity index (χ0v) is 13.5. The molecule has 0 bridgehead atoms. The van der Waals surface area contributed by atoms with E-state index in [1.54, 1.807) is 23.3 Å². The normalized spacial score (nSPS) is 10.4. The third kappa shape index (κ3) is 3.75. The fourth-order valence-corrected chi connectivity index (χ4v) is 2.16. The summed E-state index contributed by atoms with van der Waals surface area (Å²) in [5.74, 6) is 0. The Labute approximate surface area is 139 Å². The predicted molar refractivity (Wildman–Crippen MR) is 90.9 cm³/mol. The van der Waals surface area contributed by atoms with Crippen molar-refractivity contribution in [3.8, 4) is 5.69 Å². The van der Waals surface area contributed by atoms with Crippen LogP contribution in [0.5, 0.6) is 0 Å². The van der Waals surface area contributed by atoms with Gasteiger partial charge >= 0.3 is 6.03 Å². The zero-order valence-electron chi connectivity index (χ0n) is 13.5. The topological polar surface area (TPSA) is 84.7 Å². The molecule has 2 amide bonds. The van der Waals surface area contributed by atoms with Gasteiger partial charge in [0.2, 0.25) is 0 Å². The van der Waals surface area contributed by atoms with E-state index in [9.17, 15) is 4.79 Å². The third-order valence-corrected chi connectivity index (χ3v) is 3.65. The molecule has 1 aromatic carbocycles. The van der Waals surface area contributed by atoms with Crippen molar-refractivity contribution in [2.45, 2.75) is 20.4 Å². The van der Waals surface area contributed by atoms with Crippen LogP contribution in [-0.2, 0) is 6.54 Å². The van der Waals surface area contributed by atoms with Crippen molar-refractivity contribution in [1.29, 1.82) is 0 Å². The number of pyridine rings is 1. The average molecular weight is 322 g/mol. The van der Waals surface area contributed by atoms with Gasteiger partial charge in [-0.2, -0.15) is 0 Å². The summed E-state index contributed by atoms with van der Waals surface area (Å²) in [6.45, 7) is 4.33. The number of nitrogens with zero attached hydrogens (tertiary/aromatic N) is 4. The maximum atomic E-state index is 12.0. The van der Waals surface area contributed by atoms with E-state index < -0.39 is 0 Å². The van der Waals surface area contributed by atoms with Crippen LogP contribution in [0.2, 0.25) is 0 Å². The van der Waals surface area contributed by atoms with Crippen LogP contribution in [0.25, 0.3) is 5.69 Å². The number of rotatable bonds is 4. The van der Waals surface area contributed by atoms with Gasteiger partial charge in [0.15, 0.2) is 0 Å². The van der Waals surface area contributed by atoms with Crippen LogP contribution in [0.1, 0.15) is 16.8 Å². The van der Waals surface area contributed by atoms with E-state index in [4.69, 9.17) is 0 Å². The standard InChI is InChI=1S/C17H18N6O/c1-12-5-6-14(8-13(12)2)20-17(24)19-9-15-11-23(22-21-15)16-4-3-7-18-10-16/h3-8,10-11H,9H2,1-2H3,(H2,19,20,24). The first-order valence-electron chi connectivity index (χ1n) is 7.55. The van der Waals surface area contributed by atoms with Crippen molar-refractivity contribution in [1.82, 2.24) is 25.3 Å². The van der Waals surface area contributed by atoms with Gasteiger partial charge in [-0.25, -0.2) is 9.48 Å². The maximum absolute atomic E-state index is 12.0. The molecule has 0 fully saturated rings. The lowest BCUT2D eigenvalue weighted by Crippen LogP contribution is -2.28. The molecule has 122 valence electrons. The summed E-state index contributed by atoms with van der Waals surface area (Å²) >= 11 is 0. The highest BCUT2D eigenvalue weighted by Gasteiger charge is 2.06. The van der Waals surface area contributed by atoms with Crippen molar-refractivity contribution in [3.63, 3.8) is 0 Å². The van der Waals surface area contributed by atoms with Crippen LogP contribution in [0.3, 0.4) is 0 Å². The molecule has 0 radical (unpaired) electrons. The number of carbonyl (C=O) groups is 1. The van der Waals surface area contributed by atoms with E-state index in [0.717, 1.165) is 16.9 Å². The first kappa shape index (κ1) is 15.7. The Morgan fingerprint density at radius 3 is 2.83 bits per heavy atom. The molecule has 0 aliphatic rings. The number of amides is 2. The number of aryl methyl sites for hydroxylation is 2. The lowest BCUT2D eigenvalue weighted by atomic mass is 10.1. The van der Waals surface area contributed by atoms with E-state index in [0.29, 0.717) is 5.69 Å². The van der Waals surface area contributed by atoms with Crippen LogP contribution in [0.4, 0.5) is 10.5 Å². The average Bonchev–Trinajstić information content (AvgIpc) is 3.06. The number of carbonyl (C=O) groups excluding carboxylic acids is 1. The van der Waals surface area contributed by atoms with Gasteiger partial charge in [0.25, 0.3) is 0 Å². The van der Waals surface area contributed by atoms with Gasteiger partial charge in [-0.1, -0.05) is 11.3 Å². The summed E-state index contributed by atoms with van der Waals surface area (Å²) in [7, 11) is 0. The van der Waals surface area contributed by atoms with Gasteiger partial charge in [-0.3, -0.25) is 4.98 Å². The highest BCUT2D eigenvalue weighted by Crippen LogP contribution is 2.13. The highest BCUT2D eigenvalue weighted by molar-refractivity contribution is 5.89. The maximum Gasteiger partial charge on any atom is 0.319 e. The van der Waals surface area contributed by atoms with Gasteiger partial charge in [-0.05, 0) is 49.2 Å². The summed E-state index contributed by atoms with van der Waals surface area (Å²) in [6, 6.07) is 9.21. The molecule has 0 aliphatic carbocycles. The van der Waals surface area contributed by atoms with Crippen molar-refractivity contribution in [2.75, 3.05) is 5.32 Å². The first-order chi connectivity index (χ1) is 11.6. The van der Waals surface area contributed by atoms with Crippen molar-refractivity contribution in [2.24, 2.45) is 0 Å². The molecule has 0 saturated heterocycles. The molecule has 3 rings (SSSR count). The van der Waals surface area contributed by atoms with Crippen molar-refractivity contribution in [3.05, 3.63) is 65.7 Å². The number of urea groups is 1. The van der Waals surface area contributed by atoms with Gasteiger partial charge in [0, 0.05) is 11.9 Å². The van der Waals surface area contributed by atoms with Crippen LogP contribution >= 0.6 is 0 Å². The summed E-state index contributed by atoms with van der Waals surface area (Å²) in [4.78, 5) is 16.0. The van der Waals surface area contributed by atoms with Crippen LogP contribution in [0, 0.1) is 13.8 Å². The number of nitrogens with one attached hydrogen (secondary N) is 2. The quantitative estimate of drug-likeness (QED) is 0.773. The second-order valence-electron chi connectivity index (χ2n) is 5.47. The van der Waals surface area contributed by atoms with Gasteiger partial charge in [0.1, 0.15) is 5.69 Å². The molecule has 7 heteroatoms. The highest BCUT2D eigenvalue weighted by atomic mass is 16.2. The lowest BCUT2D eigenvalue weighted by Gasteiger charge is -2.08. The summed E-state index contributed by atoms with van der Waals surface area (Å²) < 4.78 is 1.62. The Kier molecular flexibility index (Phi) is 4.51. The Morgan fingerprint density at radius 2 is 2.08 bits per heavy atom. The minimum absolute atomic E-state index is 0.283. The van der Waals surface area contributed by atoms with Crippen molar-refractivity contribution >= 4 is 11.7 Å². The second kappa shape index (κ2) is 6.91. The van der Waals surface area contributed by atoms with Gasteiger partial charge < -0.3 is 10.6 Å². The fraction of sp³-hybridized carbons (Fsp3) is 0.176. The number of benzene rings is 1. The molecular formula is C17H18N6O. The molecular weight excluding hydrogens is 304 g/mol. The number of hydrogen-bond acceptors (Lipinski definition) is 4. The third-order valence-electron chi connectivity index (χ3n) is 3.65. The largest absolute Gasteiger partial charge is 0.332 e. The smallest absolute Gasteiger partial charge is 0.319 e. The molecule has 24 heavy (non-hydrogen) atoms. The van der Waals surface area contributed by atoms with Crippen LogP contribution in [-0.4, -0.2) is 26.0 Å². The van der Waals surface area contributed by atoms with E-state index in [1.165, 1.54) is 5.56 Å². The Balaban J connectivity index is 1.56. The number of hydrogen-bond donors (Lipinski definition) is 2. The summed E-state index contributed by atoms with van der Waals surface area (Å²) in [6.07, 6.45) is 5.14. The monoisotopic (exact) mass is 322 g/mol. The van der Waals surface area contributed by atoms with Gasteiger partial charge in [-0.15, -0.1) is 5.10 Å². The fourth-order valence-electron chi connectivity index (χ4n) is 2.16. The molecule has 0 spiro atoms.